The number of pyridine rings is 1. The molecule has 2 aromatic rings. The van der Waals surface area contributed by atoms with Gasteiger partial charge in [-0.05, 0) is 12.1 Å². The lowest BCUT2D eigenvalue weighted by atomic mass is 10.5. The van der Waals surface area contributed by atoms with Gasteiger partial charge in [-0.3, -0.25) is 4.98 Å². The van der Waals surface area contributed by atoms with Crippen molar-refractivity contribution in [3.8, 4) is 10.9 Å². The number of methoxy groups -OCH3 is 1. The highest BCUT2D eigenvalue weighted by Gasteiger charge is 2.18. The highest BCUT2D eigenvalue weighted by molar-refractivity contribution is 7.15. The molecule has 0 atom stereocenters. The number of esters is 1. The van der Waals surface area contributed by atoms with E-state index in [1.807, 2.05) is 0 Å². The van der Waals surface area contributed by atoms with Crippen LogP contribution in [0.4, 0.5) is 0 Å². The molecule has 0 fully saturated rings. The predicted molar refractivity (Wildman–Crippen MR) is 62.8 cm³/mol. The maximum absolute atomic E-state index is 11.3. The molecule has 0 spiro atoms. The summed E-state index contributed by atoms with van der Waals surface area (Å²) in [6.45, 7) is 0. The highest BCUT2D eigenvalue weighted by Crippen LogP contribution is 2.32. The molecular formula is C10H7ClN2O3S. The monoisotopic (exact) mass is 270 g/mol. The van der Waals surface area contributed by atoms with Crippen LogP contribution in [0.5, 0.6) is 10.9 Å². The number of carbonyl (C=O) groups is 1. The van der Waals surface area contributed by atoms with E-state index in [9.17, 15) is 4.79 Å². The molecule has 17 heavy (non-hydrogen) atoms. The van der Waals surface area contributed by atoms with Gasteiger partial charge in [-0.25, -0.2) is 4.79 Å². The number of ether oxygens (including phenoxy) is 2. The smallest absolute Gasteiger partial charge is 0.351 e. The van der Waals surface area contributed by atoms with Crippen molar-refractivity contribution in [1.29, 1.82) is 0 Å². The molecule has 0 aliphatic heterocycles. The van der Waals surface area contributed by atoms with Crippen molar-refractivity contribution in [2.24, 2.45) is 0 Å². The molecular weight excluding hydrogens is 264 g/mol. The first kappa shape index (κ1) is 11.8. The topological polar surface area (TPSA) is 61.3 Å². The Morgan fingerprint density at radius 1 is 1.53 bits per heavy atom. The summed E-state index contributed by atoms with van der Waals surface area (Å²) in [6, 6.07) is 3.45. The summed E-state index contributed by atoms with van der Waals surface area (Å²) in [5.41, 5.74) is 0. The SMILES string of the molecule is COC(=O)c1sc(Oc2cccnc2)nc1Cl. The normalized spacial score (nSPS) is 10.0. The first-order valence-corrected chi connectivity index (χ1v) is 5.72. The molecule has 0 aromatic carbocycles. The van der Waals surface area contributed by atoms with Crippen molar-refractivity contribution in [2.45, 2.75) is 0 Å². The molecule has 2 aromatic heterocycles. The fourth-order valence-electron chi connectivity index (χ4n) is 1.05. The van der Waals surface area contributed by atoms with Crippen molar-refractivity contribution < 1.29 is 14.3 Å². The van der Waals surface area contributed by atoms with E-state index in [2.05, 4.69) is 14.7 Å². The van der Waals surface area contributed by atoms with E-state index in [-0.39, 0.29) is 15.2 Å². The maximum atomic E-state index is 11.3. The Morgan fingerprint density at radius 2 is 2.35 bits per heavy atom. The first-order chi connectivity index (χ1) is 8.20. The van der Waals surface area contributed by atoms with Gasteiger partial charge in [0.05, 0.1) is 13.3 Å². The zero-order valence-corrected chi connectivity index (χ0v) is 10.3. The highest BCUT2D eigenvalue weighted by atomic mass is 35.5. The fraction of sp³-hybridized carbons (Fsp3) is 0.100. The number of rotatable bonds is 3. The molecule has 0 saturated heterocycles. The van der Waals surface area contributed by atoms with Crippen LogP contribution in [-0.2, 0) is 4.74 Å². The first-order valence-electron chi connectivity index (χ1n) is 4.53. The quantitative estimate of drug-likeness (QED) is 0.803. The number of carbonyl (C=O) groups excluding carboxylic acids is 1. The lowest BCUT2D eigenvalue weighted by Crippen LogP contribution is -1.98. The molecule has 5 nitrogen and oxygen atoms in total. The Bertz CT molecular complexity index is 530. The molecule has 0 radical (unpaired) electrons. The molecule has 0 unspecified atom stereocenters. The van der Waals surface area contributed by atoms with E-state index in [0.717, 1.165) is 11.3 Å². The largest absolute Gasteiger partial charge is 0.465 e. The fourth-order valence-corrected chi connectivity index (χ4v) is 2.12. The Morgan fingerprint density at radius 3 is 3.00 bits per heavy atom. The second-order valence-corrected chi connectivity index (χ2v) is 4.20. The zero-order valence-electron chi connectivity index (χ0n) is 8.71. The van der Waals surface area contributed by atoms with Gasteiger partial charge in [-0.1, -0.05) is 22.9 Å². The van der Waals surface area contributed by atoms with E-state index in [4.69, 9.17) is 16.3 Å². The molecule has 0 saturated carbocycles. The Hall–Kier alpha value is -1.66. The van der Waals surface area contributed by atoms with Crippen molar-refractivity contribution in [1.82, 2.24) is 9.97 Å². The number of hydrogen-bond donors (Lipinski definition) is 0. The van der Waals surface area contributed by atoms with Gasteiger partial charge in [0, 0.05) is 6.20 Å². The summed E-state index contributed by atoms with van der Waals surface area (Å²) in [5, 5.41) is 0.337. The molecule has 2 heterocycles. The van der Waals surface area contributed by atoms with Crippen LogP contribution >= 0.6 is 22.9 Å². The number of hydrogen-bond acceptors (Lipinski definition) is 6. The number of nitrogens with zero attached hydrogens (tertiary/aromatic N) is 2. The summed E-state index contributed by atoms with van der Waals surface area (Å²) < 4.78 is 9.95. The summed E-state index contributed by atoms with van der Waals surface area (Å²) in [4.78, 5) is 19.3. The lowest BCUT2D eigenvalue weighted by molar-refractivity contribution is 0.0606. The van der Waals surface area contributed by atoms with Gasteiger partial charge < -0.3 is 9.47 Å². The lowest BCUT2D eigenvalue weighted by Gasteiger charge is -1.98. The predicted octanol–water partition coefficient (Wildman–Crippen LogP) is 2.77. The summed E-state index contributed by atoms with van der Waals surface area (Å²) in [6.07, 6.45) is 3.16. The van der Waals surface area contributed by atoms with Gasteiger partial charge in [0.15, 0.2) is 10.0 Å². The van der Waals surface area contributed by atoms with Crippen molar-refractivity contribution in [3.63, 3.8) is 0 Å². The van der Waals surface area contributed by atoms with E-state index >= 15 is 0 Å². The molecule has 2 rings (SSSR count). The van der Waals surface area contributed by atoms with Gasteiger partial charge in [-0.2, -0.15) is 4.98 Å². The van der Waals surface area contributed by atoms with E-state index < -0.39 is 5.97 Å². The average molecular weight is 271 g/mol. The van der Waals surface area contributed by atoms with Crippen LogP contribution in [0.2, 0.25) is 5.15 Å². The number of thiazole rings is 1. The Kier molecular flexibility index (Phi) is 3.55. The molecule has 7 heteroatoms. The van der Waals surface area contributed by atoms with Crippen LogP contribution in [0, 0.1) is 0 Å². The minimum absolute atomic E-state index is 0.0701. The Balaban J connectivity index is 2.21. The van der Waals surface area contributed by atoms with E-state index in [1.165, 1.54) is 13.3 Å². The number of aromatic nitrogens is 2. The molecule has 0 aliphatic carbocycles. The molecule has 0 N–H and O–H groups in total. The average Bonchev–Trinajstić information content (AvgIpc) is 2.70. The third kappa shape index (κ3) is 2.72. The summed E-state index contributed by atoms with van der Waals surface area (Å²) in [5.74, 6) is -0.0112. The third-order valence-corrected chi connectivity index (χ3v) is 3.08. The minimum Gasteiger partial charge on any atom is -0.465 e. The van der Waals surface area contributed by atoms with Crippen LogP contribution in [0.15, 0.2) is 24.5 Å². The second-order valence-electron chi connectivity index (χ2n) is 2.88. The van der Waals surface area contributed by atoms with Crippen LogP contribution in [-0.4, -0.2) is 23.0 Å². The van der Waals surface area contributed by atoms with Gasteiger partial charge in [-0.15, -0.1) is 0 Å². The molecule has 0 bridgehead atoms. The standard InChI is InChI=1S/C10H7ClN2O3S/c1-15-9(14)7-8(11)13-10(17-7)16-6-3-2-4-12-5-6/h2-5H,1H3. The van der Waals surface area contributed by atoms with Crippen molar-refractivity contribution >= 4 is 28.9 Å². The van der Waals surface area contributed by atoms with E-state index in [0.29, 0.717) is 5.75 Å². The van der Waals surface area contributed by atoms with Gasteiger partial charge >= 0.3 is 5.97 Å². The van der Waals surface area contributed by atoms with Gasteiger partial charge in [0.25, 0.3) is 5.19 Å². The van der Waals surface area contributed by atoms with Crippen LogP contribution in [0.3, 0.4) is 0 Å². The van der Waals surface area contributed by atoms with Crippen molar-refractivity contribution in [3.05, 3.63) is 34.6 Å². The van der Waals surface area contributed by atoms with Crippen molar-refractivity contribution in [2.75, 3.05) is 7.11 Å². The van der Waals surface area contributed by atoms with Gasteiger partial charge in [0.1, 0.15) is 5.75 Å². The molecule has 0 amide bonds. The van der Waals surface area contributed by atoms with Crippen LogP contribution in [0.1, 0.15) is 9.67 Å². The number of halogens is 1. The molecule has 0 aliphatic rings. The third-order valence-electron chi connectivity index (χ3n) is 1.78. The van der Waals surface area contributed by atoms with Crippen LogP contribution in [0.25, 0.3) is 0 Å². The second kappa shape index (κ2) is 5.11. The Labute approximate surface area is 106 Å². The minimum atomic E-state index is -0.534. The van der Waals surface area contributed by atoms with Gasteiger partial charge in [0.2, 0.25) is 0 Å². The summed E-state index contributed by atoms with van der Waals surface area (Å²) >= 11 is 6.81. The van der Waals surface area contributed by atoms with E-state index in [1.54, 1.807) is 18.3 Å². The van der Waals surface area contributed by atoms with Crippen LogP contribution < -0.4 is 4.74 Å². The maximum Gasteiger partial charge on any atom is 0.351 e. The summed E-state index contributed by atoms with van der Waals surface area (Å²) in [7, 11) is 1.28. The zero-order chi connectivity index (χ0) is 12.3. The molecule has 88 valence electrons.